The summed E-state index contributed by atoms with van der Waals surface area (Å²) >= 11 is 0. The van der Waals surface area contributed by atoms with Crippen LogP contribution in [0.25, 0.3) is 11.1 Å². The zero-order chi connectivity index (χ0) is 21.8. The molecule has 0 heterocycles. The Morgan fingerprint density at radius 3 is 2.16 bits per heavy atom. The molecular formula is C25H25NO5. The number of amides is 1. The molecule has 160 valence electrons. The van der Waals surface area contributed by atoms with E-state index in [2.05, 4.69) is 29.6 Å². The molecule has 1 atom stereocenters. The van der Waals surface area contributed by atoms with Crippen molar-refractivity contribution in [3.8, 4) is 22.6 Å². The lowest BCUT2D eigenvalue weighted by Crippen LogP contribution is -2.30. The van der Waals surface area contributed by atoms with Gasteiger partial charge in [-0.05, 0) is 39.9 Å². The first kappa shape index (κ1) is 20.8. The molecule has 0 aromatic heterocycles. The summed E-state index contributed by atoms with van der Waals surface area (Å²) in [7, 11) is 3.08. The van der Waals surface area contributed by atoms with Crippen molar-refractivity contribution in [2.24, 2.45) is 0 Å². The van der Waals surface area contributed by atoms with Crippen LogP contribution < -0.4 is 14.8 Å². The van der Waals surface area contributed by atoms with Crippen molar-refractivity contribution in [2.45, 2.75) is 12.0 Å². The second-order valence-corrected chi connectivity index (χ2v) is 7.34. The van der Waals surface area contributed by atoms with E-state index < -0.39 is 12.2 Å². The van der Waals surface area contributed by atoms with Gasteiger partial charge in [0, 0.05) is 5.92 Å². The maximum Gasteiger partial charge on any atom is 0.407 e. The summed E-state index contributed by atoms with van der Waals surface area (Å²) in [6.07, 6.45) is -1.47. The summed E-state index contributed by atoms with van der Waals surface area (Å²) in [5.74, 6) is 1.08. The highest BCUT2D eigenvalue weighted by molar-refractivity contribution is 5.79. The smallest absolute Gasteiger partial charge is 0.407 e. The van der Waals surface area contributed by atoms with E-state index in [1.807, 2.05) is 24.3 Å². The van der Waals surface area contributed by atoms with Gasteiger partial charge in [-0.25, -0.2) is 4.79 Å². The summed E-state index contributed by atoms with van der Waals surface area (Å²) in [6, 6.07) is 21.5. The second-order valence-electron chi connectivity index (χ2n) is 7.34. The fourth-order valence-corrected chi connectivity index (χ4v) is 4.01. The third kappa shape index (κ3) is 4.20. The molecule has 3 aromatic rings. The lowest BCUT2D eigenvalue weighted by atomic mass is 9.98. The summed E-state index contributed by atoms with van der Waals surface area (Å²) in [5.41, 5.74) is 5.27. The first-order valence-electron chi connectivity index (χ1n) is 10.1. The molecular weight excluding hydrogens is 394 g/mol. The molecule has 4 rings (SSSR count). The van der Waals surface area contributed by atoms with E-state index in [1.54, 1.807) is 25.3 Å². The molecule has 0 radical (unpaired) electrons. The number of hydrogen-bond acceptors (Lipinski definition) is 5. The van der Waals surface area contributed by atoms with Gasteiger partial charge >= 0.3 is 6.09 Å². The molecule has 3 aromatic carbocycles. The monoisotopic (exact) mass is 419 g/mol. The molecule has 1 amide bonds. The van der Waals surface area contributed by atoms with Crippen LogP contribution in [0.3, 0.4) is 0 Å². The van der Waals surface area contributed by atoms with Crippen LogP contribution in [0, 0.1) is 0 Å². The quantitative estimate of drug-likeness (QED) is 0.598. The Balaban J connectivity index is 1.36. The molecule has 1 aliphatic rings. The molecule has 6 heteroatoms. The SMILES string of the molecule is COc1ccc(C(O)CNC(=O)OCC2c3ccccc3-c3ccccc32)cc1OC. The van der Waals surface area contributed by atoms with Crippen LogP contribution in [-0.2, 0) is 4.74 Å². The summed E-state index contributed by atoms with van der Waals surface area (Å²) in [6.45, 7) is 0.248. The summed E-state index contributed by atoms with van der Waals surface area (Å²) < 4.78 is 16.0. The molecule has 0 saturated heterocycles. The highest BCUT2D eigenvalue weighted by atomic mass is 16.5. The summed E-state index contributed by atoms with van der Waals surface area (Å²) in [5, 5.41) is 13.1. The minimum atomic E-state index is -0.903. The minimum Gasteiger partial charge on any atom is -0.493 e. The van der Waals surface area contributed by atoms with Crippen molar-refractivity contribution in [3.05, 3.63) is 83.4 Å². The Morgan fingerprint density at radius 1 is 0.935 bits per heavy atom. The lowest BCUT2D eigenvalue weighted by molar-refractivity contribution is 0.128. The first-order chi connectivity index (χ1) is 15.1. The van der Waals surface area contributed by atoms with Crippen LogP contribution in [0.2, 0.25) is 0 Å². The molecule has 1 aliphatic carbocycles. The zero-order valence-electron chi connectivity index (χ0n) is 17.5. The zero-order valence-corrected chi connectivity index (χ0v) is 17.5. The van der Waals surface area contributed by atoms with Crippen molar-refractivity contribution in [1.29, 1.82) is 0 Å². The average Bonchev–Trinajstić information content (AvgIpc) is 3.14. The van der Waals surface area contributed by atoms with Gasteiger partial charge in [0.15, 0.2) is 11.5 Å². The van der Waals surface area contributed by atoms with E-state index in [1.165, 1.54) is 18.2 Å². The van der Waals surface area contributed by atoms with E-state index in [-0.39, 0.29) is 19.1 Å². The van der Waals surface area contributed by atoms with Crippen molar-refractivity contribution >= 4 is 6.09 Å². The van der Waals surface area contributed by atoms with E-state index in [0.717, 1.165) is 11.1 Å². The maximum atomic E-state index is 12.3. The Hall–Kier alpha value is -3.51. The number of rotatable bonds is 7. The van der Waals surface area contributed by atoms with Gasteiger partial charge in [-0.15, -0.1) is 0 Å². The number of carbonyl (C=O) groups excluding carboxylic acids is 1. The third-order valence-corrected chi connectivity index (χ3v) is 5.58. The average molecular weight is 419 g/mol. The first-order valence-corrected chi connectivity index (χ1v) is 10.1. The van der Waals surface area contributed by atoms with Gasteiger partial charge in [-0.3, -0.25) is 0 Å². The van der Waals surface area contributed by atoms with Gasteiger partial charge in [0.1, 0.15) is 6.61 Å². The van der Waals surface area contributed by atoms with E-state index >= 15 is 0 Å². The number of ether oxygens (including phenoxy) is 3. The van der Waals surface area contributed by atoms with Gasteiger partial charge in [0.2, 0.25) is 0 Å². The number of hydrogen-bond donors (Lipinski definition) is 2. The maximum absolute atomic E-state index is 12.3. The van der Waals surface area contributed by atoms with E-state index in [4.69, 9.17) is 14.2 Å². The Labute approximate surface area is 181 Å². The predicted molar refractivity (Wildman–Crippen MR) is 118 cm³/mol. The van der Waals surface area contributed by atoms with Crippen LogP contribution in [0.5, 0.6) is 11.5 Å². The molecule has 6 nitrogen and oxygen atoms in total. The minimum absolute atomic E-state index is 0.00563. The highest BCUT2D eigenvalue weighted by Gasteiger charge is 2.29. The predicted octanol–water partition coefficient (Wildman–Crippen LogP) is 4.28. The van der Waals surface area contributed by atoms with Gasteiger partial charge in [0.05, 0.1) is 26.9 Å². The molecule has 31 heavy (non-hydrogen) atoms. The number of alkyl carbamates (subject to hydrolysis) is 1. The normalized spacial score (nSPS) is 13.1. The van der Waals surface area contributed by atoms with Crippen LogP contribution in [0.1, 0.15) is 28.7 Å². The number of nitrogens with one attached hydrogen (secondary N) is 1. The van der Waals surface area contributed by atoms with Crippen LogP contribution in [0.4, 0.5) is 4.79 Å². The number of methoxy groups -OCH3 is 2. The fourth-order valence-electron chi connectivity index (χ4n) is 4.01. The number of carbonyl (C=O) groups is 1. The van der Waals surface area contributed by atoms with Crippen molar-refractivity contribution in [1.82, 2.24) is 5.32 Å². The van der Waals surface area contributed by atoms with Crippen molar-refractivity contribution < 1.29 is 24.1 Å². The molecule has 0 bridgehead atoms. The summed E-state index contributed by atoms with van der Waals surface area (Å²) in [4.78, 5) is 12.3. The van der Waals surface area contributed by atoms with Crippen LogP contribution in [0.15, 0.2) is 66.7 Å². The Bertz CT molecular complexity index is 1040. The standard InChI is InChI=1S/C25H25NO5/c1-29-23-12-11-16(13-24(23)30-2)22(27)14-26-25(28)31-15-21-19-9-5-3-7-17(19)18-8-4-6-10-20(18)21/h3-13,21-22,27H,14-15H2,1-2H3,(H,26,28). The lowest BCUT2D eigenvalue weighted by Gasteiger charge is -2.17. The topological polar surface area (TPSA) is 77.0 Å². The Morgan fingerprint density at radius 2 is 1.55 bits per heavy atom. The van der Waals surface area contributed by atoms with E-state index in [9.17, 15) is 9.90 Å². The fraction of sp³-hybridized carbons (Fsp3) is 0.240. The molecule has 0 spiro atoms. The van der Waals surface area contributed by atoms with Crippen LogP contribution >= 0.6 is 0 Å². The molecule has 0 saturated carbocycles. The van der Waals surface area contributed by atoms with Gasteiger partial charge in [-0.2, -0.15) is 0 Å². The number of aliphatic hydroxyl groups excluding tert-OH is 1. The molecule has 1 unspecified atom stereocenters. The molecule has 2 N–H and O–H groups in total. The number of fused-ring (bicyclic) bond motifs is 3. The van der Waals surface area contributed by atoms with Crippen molar-refractivity contribution in [3.63, 3.8) is 0 Å². The van der Waals surface area contributed by atoms with Gasteiger partial charge in [-0.1, -0.05) is 54.6 Å². The largest absolute Gasteiger partial charge is 0.493 e. The second kappa shape index (κ2) is 9.10. The number of aliphatic hydroxyl groups is 1. The Kier molecular flexibility index (Phi) is 6.09. The third-order valence-electron chi connectivity index (χ3n) is 5.58. The van der Waals surface area contributed by atoms with Crippen LogP contribution in [-0.4, -0.2) is 38.6 Å². The number of benzene rings is 3. The van der Waals surface area contributed by atoms with Crippen molar-refractivity contribution in [2.75, 3.05) is 27.4 Å². The van der Waals surface area contributed by atoms with Gasteiger partial charge in [0.25, 0.3) is 0 Å². The van der Waals surface area contributed by atoms with Gasteiger partial charge < -0.3 is 24.6 Å². The van der Waals surface area contributed by atoms with E-state index in [0.29, 0.717) is 17.1 Å². The highest BCUT2D eigenvalue weighted by Crippen LogP contribution is 2.44. The molecule has 0 fully saturated rings. The molecule has 0 aliphatic heterocycles.